The molecule has 6 rings (SSSR count). The van der Waals surface area contributed by atoms with Gasteiger partial charge in [-0.1, -0.05) is 91.3 Å². The number of rotatable bonds is 15. The first-order valence-electron chi connectivity index (χ1n) is 19.2. The molecular weight excluding hydrogens is 683 g/mol. The van der Waals surface area contributed by atoms with E-state index in [0.29, 0.717) is 31.5 Å². The molecule has 2 aliphatic heterocycles. The molecule has 9 heteroatoms. The second-order valence-electron chi connectivity index (χ2n) is 14.4. The smallest absolute Gasteiger partial charge is 0.254 e. The monoisotopic (exact) mass is 733 g/mol. The zero-order valence-electron chi connectivity index (χ0n) is 30.4. The van der Waals surface area contributed by atoms with Gasteiger partial charge in [0.2, 0.25) is 15.9 Å². The van der Waals surface area contributed by atoms with E-state index in [1.54, 1.807) is 41.3 Å². The van der Waals surface area contributed by atoms with Crippen molar-refractivity contribution >= 4 is 28.1 Å². The highest BCUT2D eigenvalue weighted by atomic mass is 32.2. The van der Waals surface area contributed by atoms with Crippen LogP contribution in [0.15, 0.2) is 114 Å². The van der Waals surface area contributed by atoms with Gasteiger partial charge in [0.05, 0.1) is 10.9 Å². The van der Waals surface area contributed by atoms with Crippen molar-refractivity contribution in [2.45, 2.75) is 100 Å². The minimum Gasteiger partial charge on any atom is -0.352 e. The molecule has 8 nitrogen and oxygen atoms in total. The second kappa shape index (κ2) is 18.4. The van der Waals surface area contributed by atoms with Crippen LogP contribution in [0, 0.1) is 0 Å². The molecule has 0 bridgehead atoms. The molecule has 278 valence electrons. The zero-order valence-corrected chi connectivity index (χ0v) is 31.3. The Kier molecular flexibility index (Phi) is 13.3. The summed E-state index contributed by atoms with van der Waals surface area (Å²) >= 11 is 0. The summed E-state index contributed by atoms with van der Waals surface area (Å²) in [6, 6.07) is 33.7. The Bertz CT molecular complexity index is 1850. The number of hydrogen-bond acceptors (Lipinski definition) is 5. The highest BCUT2D eigenvalue weighted by molar-refractivity contribution is 7.89. The summed E-state index contributed by atoms with van der Waals surface area (Å²) in [5.41, 5.74) is 4.76. The fourth-order valence-electron chi connectivity index (χ4n) is 7.72. The SMILES string of the molecule is O=C[C@@H]1CCCCN1S(=O)(=O)c1ccc(-c2ccc(C(=O)N3CCCCC3C(=O)NC(CCCc3ccccc3)CCCc3ccccc3)cc2)cc1. The van der Waals surface area contributed by atoms with Crippen LogP contribution in [0.5, 0.6) is 0 Å². The third kappa shape index (κ3) is 9.89. The molecule has 1 unspecified atom stereocenters. The van der Waals surface area contributed by atoms with Crippen molar-refractivity contribution in [3.05, 3.63) is 126 Å². The predicted molar refractivity (Wildman–Crippen MR) is 209 cm³/mol. The van der Waals surface area contributed by atoms with E-state index in [2.05, 4.69) is 53.8 Å². The molecule has 53 heavy (non-hydrogen) atoms. The highest BCUT2D eigenvalue weighted by Gasteiger charge is 2.35. The number of piperidine rings is 2. The van der Waals surface area contributed by atoms with Crippen molar-refractivity contribution in [1.29, 1.82) is 0 Å². The van der Waals surface area contributed by atoms with Gasteiger partial charge in [0, 0.05) is 24.7 Å². The number of aryl methyl sites for hydroxylation is 2. The quantitative estimate of drug-likeness (QED) is 0.127. The number of likely N-dealkylation sites (tertiary alicyclic amines) is 1. The number of amides is 2. The Morgan fingerprint density at radius 3 is 1.83 bits per heavy atom. The van der Waals surface area contributed by atoms with Crippen molar-refractivity contribution in [1.82, 2.24) is 14.5 Å². The van der Waals surface area contributed by atoms with E-state index in [0.717, 1.165) is 81.6 Å². The van der Waals surface area contributed by atoms with Gasteiger partial charge < -0.3 is 15.0 Å². The first kappa shape index (κ1) is 38.1. The number of hydrogen-bond donors (Lipinski definition) is 1. The molecule has 0 spiro atoms. The molecule has 4 aromatic rings. The van der Waals surface area contributed by atoms with E-state index >= 15 is 0 Å². The largest absolute Gasteiger partial charge is 0.352 e. The summed E-state index contributed by atoms with van der Waals surface area (Å²) in [5.74, 6) is -0.230. The molecule has 2 atom stereocenters. The van der Waals surface area contributed by atoms with Gasteiger partial charge in [-0.05, 0) is 117 Å². The minimum atomic E-state index is -3.79. The summed E-state index contributed by atoms with van der Waals surface area (Å²) in [5, 5.41) is 3.37. The Hall–Kier alpha value is -4.60. The van der Waals surface area contributed by atoms with E-state index in [-0.39, 0.29) is 22.8 Å². The molecular formula is C44H51N3O5S. The molecule has 0 radical (unpaired) electrons. The van der Waals surface area contributed by atoms with E-state index in [4.69, 9.17) is 0 Å². The minimum absolute atomic E-state index is 0.0285. The van der Waals surface area contributed by atoms with E-state index in [1.807, 2.05) is 24.3 Å². The van der Waals surface area contributed by atoms with Gasteiger partial charge in [0.25, 0.3) is 5.91 Å². The summed E-state index contributed by atoms with van der Waals surface area (Å²) in [6.45, 7) is 0.871. The van der Waals surface area contributed by atoms with E-state index in [9.17, 15) is 22.8 Å². The topological polar surface area (TPSA) is 104 Å². The van der Waals surface area contributed by atoms with Crippen LogP contribution in [0.1, 0.15) is 85.7 Å². The molecule has 0 aliphatic carbocycles. The molecule has 0 aromatic heterocycles. The molecule has 0 saturated carbocycles. The van der Waals surface area contributed by atoms with Crippen LogP contribution in [0.25, 0.3) is 11.1 Å². The Morgan fingerprint density at radius 2 is 1.25 bits per heavy atom. The number of nitrogens with zero attached hydrogens (tertiary/aromatic N) is 2. The lowest BCUT2D eigenvalue weighted by Crippen LogP contribution is -2.53. The Labute approximate surface area is 314 Å². The van der Waals surface area contributed by atoms with Crippen LogP contribution in [-0.2, 0) is 32.5 Å². The summed E-state index contributed by atoms with van der Waals surface area (Å²) in [6.07, 6.45) is 10.8. The molecule has 2 amide bonds. The van der Waals surface area contributed by atoms with Gasteiger partial charge in [-0.3, -0.25) is 9.59 Å². The molecule has 1 N–H and O–H groups in total. The number of aldehydes is 1. The van der Waals surface area contributed by atoms with Crippen molar-refractivity contribution in [3.63, 3.8) is 0 Å². The number of sulfonamides is 1. The van der Waals surface area contributed by atoms with Crippen molar-refractivity contribution in [2.75, 3.05) is 13.1 Å². The molecule has 2 heterocycles. The van der Waals surface area contributed by atoms with Crippen LogP contribution in [0.2, 0.25) is 0 Å². The van der Waals surface area contributed by atoms with Crippen LogP contribution in [-0.4, -0.2) is 66.9 Å². The lowest BCUT2D eigenvalue weighted by atomic mass is 9.96. The summed E-state index contributed by atoms with van der Waals surface area (Å²) < 4.78 is 27.9. The number of nitrogens with one attached hydrogen (secondary N) is 1. The van der Waals surface area contributed by atoms with Gasteiger partial charge in [-0.15, -0.1) is 0 Å². The van der Waals surface area contributed by atoms with Crippen LogP contribution < -0.4 is 5.32 Å². The van der Waals surface area contributed by atoms with Crippen molar-refractivity contribution < 1.29 is 22.8 Å². The number of benzene rings is 4. The lowest BCUT2D eigenvalue weighted by molar-refractivity contribution is -0.127. The Morgan fingerprint density at radius 1 is 0.698 bits per heavy atom. The standard InChI is InChI=1S/C44H51N3O5S/c48-33-40-21-7-10-32-47(40)53(51,52)41-29-27-37(28-30-41)36-23-25-38(26-24-36)44(50)46-31-9-8-22-42(46)43(49)45-39(19-11-17-34-13-3-1-4-14-34)20-12-18-35-15-5-2-6-16-35/h1-6,13-16,23-30,33,39-40,42H,7-12,17-22,31-32H2,(H,45,49)/t40-,42?/m0/s1. The van der Waals surface area contributed by atoms with Gasteiger partial charge in [0.1, 0.15) is 12.3 Å². The average Bonchev–Trinajstić information content (AvgIpc) is 3.21. The van der Waals surface area contributed by atoms with Crippen molar-refractivity contribution in [2.24, 2.45) is 0 Å². The first-order chi connectivity index (χ1) is 25.8. The maximum atomic E-state index is 13.9. The first-order valence-corrected chi connectivity index (χ1v) is 20.6. The predicted octanol–water partition coefficient (Wildman–Crippen LogP) is 7.62. The molecule has 2 fully saturated rings. The number of carbonyl (C=O) groups excluding carboxylic acids is 3. The number of carbonyl (C=O) groups is 3. The highest BCUT2D eigenvalue weighted by Crippen LogP contribution is 2.28. The average molecular weight is 734 g/mol. The van der Waals surface area contributed by atoms with E-state index in [1.165, 1.54) is 15.4 Å². The molecule has 2 saturated heterocycles. The fourth-order valence-corrected chi connectivity index (χ4v) is 9.35. The Balaban J connectivity index is 1.09. The zero-order chi connectivity index (χ0) is 37.0. The van der Waals surface area contributed by atoms with Gasteiger partial charge in [-0.2, -0.15) is 4.31 Å². The maximum Gasteiger partial charge on any atom is 0.254 e. The molecule has 4 aromatic carbocycles. The van der Waals surface area contributed by atoms with Gasteiger partial charge in [0.15, 0.2) is 0 Å². The maximum absolute atomic E-state index is 13.9. The van der Waals surface area contributed by atoms with Crippen LogP contribution >= 0.6 is 0 Å². The fraction of sp³-hybridized carbons (Fsp3) is 0.386. The van der Waals surface area contributed by atoms with Crippen LogP contribution in [0.3, 0.4) is 0 Å². The normalized spacial score (nSPS) is 18.1. The third-order valence-electron chi connectivity index (χ3n) is 10.7. The van der Waals surface area contributed by atoms with E-state index < -0.39 is 22.1 Å². The van der Waals surface area contributed by atoms with Gasteiger partial charge >= 0.3 is 0 Å². The van der Waals surface area contributed by atoms with Gasteiger partial charge in [-0.25, -0.2) is 8.42 Å². The summed E-state index contributed by atoms with van der Waals surface area (Å²) in [4.78, 5) is 41.3. The second-order valence-corrected chi connectivity index (χ2v) is 16.3. The summed E-state index contributed by atoms with van der Waals surface area (Å²) in [7, 11) is -3.79. The van der Waals surface area contributed by atoms with Crippen molar-refractivity contribution in [3.8, 4) is 11.1 Å². The van der Waals surface area contributed by atoms with Crippen LogP contribution in [0.4, 0.5) is 0 Å². The third-order valence-corrected chi connectivity index (χ3v) is 12.7. The molecule has 2 aliphatic rings. The lowest BCUT2D eigenvalue weighted by Gasteiger charge is -2.36.